The number of halogens is 2. The van der Waals surface area contributed by atoms with Gasteiger partial charge in [0.2, 0.25) is 10.0 Å². The fourth-order valence-electron chi connectivity index (χ4n) is 4.13. The van der Waals surface area contributed by atoms with Gasteiger partial charge >= 0.3 is 6.09 Å². The number of benzene rings is 2. The molecule has 0 spiro atoms. The van der Waals surface area contributed by atoms with Crippen molar-refractivity contribution in [2.75, 3.05) is 29.7 Å². The summed E-state index contributed by atoms with van der Waals surface area (Å²) in [4.78, 5) is 14.0. The normalized spacial score (nSPS) is 14.3. The molecule has 1 heterocycles. The number of carbonyl (C=O) groups is 1. The van der Waals surface area contributed by atoms with E-state index in [1.54, 1.807) is 54.3 Å². The molecule has 1 saturated heterocycles. The van der Waals surface area contributed by atoms with Crippen molar-refractivity contribution in [3.05, 3.63) is 65.2 Å². The predicted octanol–water partition coefficient (Wildman–Crippen LogP) is 6.44. The van der Waals surface area contributed by atoms with E-state index in [2.05, 4.69) is 6.07 Å². The van der Waals surface area contributed by atoms with Gasteiger partial charge in [0.25, 0.3) is 0 Å². The van der Waals surface area contributed by atoms with Gasteiger partial charge in [0, 0.05) is 25.9 Å². The molecule has 3 rings (SSSR count). The second-order valence-corrected chi connectivity index (χ2v) is 12.6. The molecule has 1 amide bonds. The number of likely N-dealkylation sites (tertiary alicyclic amines) is 1. The number of nitriles is 1. The van der Waals surface area contributed by atoms with E-state index in [1.807, 2.05) is 39.8 Å². The molecule has 0 radical (unpaired) electrons. The number of hydrogen-bond acceptors (Lipinski definition) is 6. The van der Waals surface area contributed by atoms with Crippen LogP contribution >= 0.6 is 24.8 Å². The van der Waals surface area contributed by atoms with Crippen LogP contribution in [0.3, 0.4) is 0 Å². The summed E-state index contributed by atoms with van der Waals surface area (Å²) >= 11 is 0. The number of hydrogen-bond donors (Lipinski definition) is 0. The van der Waals surface area contributed by atoms with Crippen LogP contribution in [-0.2, 0) is 14.8 Å². The molecule has 0 saturated carbocycles. The van der Waals surface area contributed by atoms with Gasteiger partial charge in [-0.1, -0.05) is 23.8 Å². The zero-order valence-corrected chi connectivity index (χ0v) is 26.1. The topological polar surface area (TPSA) is 99.9 Å². The van der Waals surface area contributed by atoms with Crippen LogP contribution in [-0.4, -0.2) is 56.5 Å². The lowest BCUT2D eigenvalue weighted by molar-refractivity contribution is 0.0126. The van der Waals surface area contributed by atoms with Crippen LogP contribution in [0.4, 0.5) is 10.5 Å². The second kappa shape index (κ2) is 15.2. The number of carbonyl (C=O) groups excluding carboxylic acids is 1. The Morgan fingerprint density at radius 2 is 1.75 bits per heavy atom. The van der Waals surface area contributed by atoms with Gasteiger partial charge in [-0.15, -0.1) is 24.8 Å². The first-order valence-electron chi connectivity index (χ1n) is 12.8. The SMILES string of the molecule is CCS(=O)(=O)N(CC(C)=Cc1cccc(C#N)c1)c1ccc(OC2CCN(C(=O)OC(C)(C)C)CC2)cc1.Cl.Cl. The van der Waals surface area contributed by atoms with E-state index in [0.29, 0.717) is 42.9 Å². The summed E-state index contributed by atoms with van der Waals surface area (Å²) < 4.78 is 38.9. The highest BCUT2D eigenvalue weighted by molar-refractivity contribution is 7.92. The van der Waals surface area contributed by atoms with Crippen molar-refractivity contribution in [2.24, 2.45) is 0 Å². The van der Waals surface area contributed by atoms with E-state index in [0.717, 1.165) is 11.1 Å². The first-order valence-corrected chi connectivity index (χ1v) is 14.4. The average Bonchev–Trinajstić information content (AvgIpc) is 2.87. The Bertz CT molecular complexity index is 1290. The maximum absolute atomic E-state index is 12.9. The highest BCUT2D eigenvalue weighted by Gasteiger charge is 2.28. The number of ether oxygens (including phenoxy) is 2. The molecule has 220 valence electrons. The van der Waals surface area contributed by atoms with Crippen LogP contribution in [0.15, 0.2) is 54.1 Å². The van der Waals surface area contributed by atoms with E-state index >= 15 is 0 Å². The molecular formula is C29H39Cl2N3O5S. The van der Waals surface area contributed by atoms with Crippen molar-refractivity contribution in [3.8, 4) is 11.8 Å². The molecule has 1 aliphatic rings. The maximum atomic E-state index is 12.9. The molecule has 11 heteroatoms. The largest absolute Gasteiger partial charge is 0.490 e. The molecule has 2 aromatic carbocycles. The van der Waals surface area contributed by atoms with Crippen LogP contribution < -0.4 is 9.04 Å². The summed E-state index contributed by atoms with van der Waals surface area (Å²) in [5.41, 5.74) is 2.27. The van der Waals surface area contributed by atoms with E-state index < -0.39 is 15.6 Å². The van der Waals surface area contributed by atoms with Gasteiger partial charge in [-0.05, 0) is 76.6 Å². The number of nitrogens with zero attached hydrogens (tertiary/aromatic N) is 3. The summed E-state index contributed by atoms with van der Waals surface area (Å²) in [7, 11) is -3.53. The van der Waals surface area contributed by atoms with Crippen molar-refractivity contribution in [1.29, 1.82) is 5.26 Å². The third-order valence-electron chi connectivity index (χ3n) is 6.04. The lowest BCUT2D eigenvalue weighted by Crippen LogP contribution is -2.44. The molecule has 0 aliphatic carbocycles. The van der Waals surface area contributed by atoms with Gasteiger partial charge in [0.05, 0.1) is 29.6 Å². The van der Waals surface area contributed by atoms with Crippen LogP contribution in [0.25, 0.3) is 6.08 Å². The Kier molecular flexibility index (Phi) is 13.3. The Morgan fingerprint density at radius 1 is 1.12 bits per heavy atom. The van der Waals surface area contributed by atoms with Gasteiger partial charge in [-0.2, -0.15) is 5.26 Å². The summed E-state index contributed by atoms with van der Waals surface area (Å²) in [6, 6.07) is 16.4. The van der Waals surface area contributed by atoms with Crippen LogP contribution in [0.1, 0.15) is 58.6 Å². The third kappa shape index (κ3) is 10.2. The van der Waals surface area contributed by atoms with E-state index in [1.165, 1.54) is 4.31 Å². The lowest BCUT2D eigenvalue weighted by atomic mass is 10.1. The summed E-state index contributed by atoms with van der Waals surface area (Å²) in [5.74, 6) is 0.623. The average molecular weight is 613 g/mol. The first kappa shape index (κ1) is 35.1. The van der Waals surface area contributed by atoms with Gasteiger partial charge in [-0.3, -0.25) is 4.31 Å². The first-order chi connectivity index (χ1) is 17.9. The molecule has 0 bridgehead atoms. The third-order valence-corrected chi connectivity index (χ3v) is 7.78. The zero-order chi connectivity index (χ0) is 27.9. The zero-order valence-electron chi connectivity index (χ0n) is 23.6. The fourth-order valence-corrected chi connectivity index (χ4v) is 5.28. The van der Waals surface area contributed by atoms with Gasteiger partial charge < -0.3 is 14.4 Å². The van der Waals surface area contributed by atoms with Gasteiger partial charge in [0.15, 0.2) is 0 Å². The number of sulfonamides is 1. The molecule has 0 unspecified atom stereocenters. The fraction of sp³-hybridized carbons (Fsp3) is 0.448. The van der Waals surface area contributed by atoms with E-state index in [-0.39, 0.29) is 49.3 Å². The molecule has 1 fully saturated rings. The molecule has 8 nitrogen and oxygen atoms in total. The quantitative estimate of drug-likeness (QED) is 0.340. The van der Waals surface area contributed by atoms with Crippen LogP contribution in [0.5, 0.6) is 5.75 Å². The highest BCUT2D eigenvalue weighted by atomic mass is 35.5. The van der Waals surface area contributed by atoms with E-state index in [9.17, 15) is 13.2 Å². The molecule has 0 atom stereocenters. The summed E-state index contributed by atoms with van der Waals surface area (Å²) in [6.45, 7) is 10.4. The van der Waals surface area contributed by atoms with Crippen LogP contribution in [0, 0.1) is 11.3 Å². The number of piperidine rings is 1. The monoisotopic (exact) mass is 611 g/mol. The minimum Gasteiger partial charge on any atom is -0.490 e. The Morgan fingerprint density at radius 3 is 2.30 bits per heavy atom. The molecule has 2 aromatic rings. The minimum absolute atomic E-state index is 0. The Balaban J connectivity index is 0.00000400. The van der Waals surface area contributed by atoms with Gasteiger partial charge in [-0.25, -0.2) is 13.2 Å². The lowest BCUT2D eigenvalue weighted by Gasteiger charge is -2.33. The molecule has 40 heavy (non-hydrogen) atoms. The van der Waals surface area contributed by atoms with Crippen molar-refractivity contribution < 1.29 is 22.7 Å². The maximum Gasteiger partial charge on any atom is 0.410 e. The molecule has 0 aromatic heterocycles. The standard InChI is InChI=1S/C29H37N3O5S.2ClH/c1-6-38(34,35)32(21-22(2)18-23-8-7-9-24(19-23)20-30)25-10-12-26(13-11-25)36-27-14-16-31(17-15-27)28(33)37-29(3,4)5;;/h7-13,18-19,27H,6,14-17,21H2,1-5H3;2*1H. The Labute approximate surface area is 250 Å². The van der Waals surface area contributed by atoms with Crippen molar-refractivity contribution in [2.45, 2.75) is 59.2 Å². The number of amides is 1. The van der Waals surface area contributed by atoms with Crippen molar-refractivity contribution in [1.82, 2.24) is 4.90 Å². The van der Waals surface area contributed by atoms with Gasteiger partial charge in [0.1, 0.15) is 17.5 Å². The summed E-state index contributed by atoms with van der Waals surface area (Å²) in [5, 5.41) is 9.14. The number of rotatable bonds is 8. The summed E-state index contributed by atoms with van der Waals surface area (Å²) in [6.07, 6.45) is 2.92. The van der Waals surface area contributed by atoms with Crippen LogP contribution in [0.2, 0.25) is 0 Å². The second-order valence-electron chi connectivity index (χ2n) is 10.4. The highest BCUT2D eigenvalue weighted by Crippen LogP contribution is 2.26. The predicted molar refractivity (Wildman–Crippen MR) is 164 cm³/mol. The smallest absolute Gasteiger partial charge is 0.410 e. The van der Waals surface area contributed by atoms with Crippen molar-refractivity contribution in [3.63, 3.8) is 0 Å². The minimum atomic E-state index is -3.53. The van der Waals surface area contributed by atoms with E-state index in [4.69, 9.17) is 14.7 Å². The Hall–Kier alpha value is -2.93. The molecule has 0 N–H and O–H groups in total. The molecule has 1 aliphatic heterocycles. The van der Waals surface area contributed by atoms with Crippen molar-refractivity contribution >= 4 is 52.7 Å². The molecular weight excluding hydrogens is 573 g/mol. The number of anilines is 1.